The highest BCUT2D eigenvalue weighted by molar-refractivity contribution is 6.25. The first-order valence-electron chi connectivity index (χ1n) is 16.6. The van der Waals surface area contributed by atoms with Gasteiger partial charge in [-0.05, 0) is 85.4 Å². The minimum Gasteiger partial charge on any atom is -0.456 e. The Balaban J connectivity index is 1.24. The van der Waals surface area contributed by atoms with E-state index in [2.05, 4.69) is 157 Å². The van der Waals surface area contributed by atoms with E-state index in [9.17, 15) is 0 Å². The first kappa shape index (κ1) is 27.6. The third-order valence-electron chi connectivity index (χ3n) is 9.68. The van der Waals surface area contributed by atoms with Crippen molar-refractivity contribution in [3.8, 4) is 11.1 Å². The molecule has 1 aliphatic heterocycles. The normalized spacial score (nSPS) is 14.7. The molecule has 0 spiro atoms. The molecule has 0 saturated heterocycles. The van der Waals surface area contributed by atoms with Crippen LogP contribution in [0.4, 0.5) is 0 Å². The van der Waals surface area contributed by atoms with Crippen LogP contribution in [0.5, 0.6) is 0 Å². The number of hydrogen-bond donors (Lipinski definition) is 1. The van der Waals surface area contributed by atoms with Gasteiger partial charge in [0.1, 0.15) is 23.2 Å². The molecule has 0 saturated carbocycles. The van der Waals surface area contributed by atoms with E-state index in [4.69, 9.17) is 14.4 Å². The van der Waals surface area contributed by atoms with Crippen LogP contribution in [0.25, 0.3) is 65.4 Å². The number of fused-ring (bicyclic) bond motifs is 6. The Bertz CT molecular complexity index is 2820. The second kappa shape index (κ2) is 11.0. The maximum absolute atomic E-state index is 6.45. The zero-order valence-electron chi connectivity index (χ0n) is 26.5. The van der Waals surface area contributed by atoms with E-state index in [0.717, 1.165) is 61.0 Å². The van der Waals surface area contributed by atoms with Crippen molar-refractivity contribution >= 4 is 65.9 Å². The summed E-state index contributed by atoms with van der Waals surface area (Å²) in [6.07, 6.45) is -0.364. The Kier molecular flexibility index (Phi) is 6.21. The minimum absolute atomic E-state index is 0.364. The molecule has 49 heavy (non-hydrogen) atoms. The van der Waals surface area contributed by atoms with Crippen molar-refractivity contribution in [2.45, 2.75) is 6.17 Å². The summed E-state index contributed by atoms with van der Waals surface area (Å²) < 4.78 is 6.45. The summed E-state index contributed by atoms with van der Waals surface area (Å²) in [5.74, 6) is 1.45. The summed E-state index contributed by atoms with van der Waals surface area (Å²) in [5, 5.41) is 13.0. The van der Waals surface area contributed by atoms with Crippen LogP contribution in [-0.2, 0) is 0 Å². The Morgan fingerprint density at radius 2 is 1.08 bits per heavy atom. The van der Waals surface area contributed by atoms with Gasteiger partial charge in [0.2, 0.25) is 0 Å². The third kappa shape index (κ3) is 4.68. The summed E-state index contributed by atoms with van der Waals surface area (Å²) >= 11 is 0. The number of furan rings is 1. The largest absolute Gasteiger partial charge is 0.456 e. The van der Waals surface area contributed by atoms with Crippen LogP contribution in [0.2, 0.25) is 0 Å². The van der Waals surface area contributed by atoms with Gasteiger partial charge in [0.25, 0.3) is 0 Å². The third-order valence-corrected chi connectivity index (χ3v) is 9.68. The molecule has 230 valence electrons. The van der Waals surface area contributed by atoms with Crippen molar-refractivity contribution in [1.29, 1.82) is 0 Å². The first-order valence-corrected chi connectivity index (χ1v) is 16.6. The van der Waals surface area contributed by atoms with Gasteiger partial charge in [-0.25, -0.2) is 9.98 Å². The molecule has 1 unspecified atom stereocenters. The molecule has 8 aromatic carbocycles. The van der Waals surface area contributed by atoms with E-state index >= 15 is 0 Å². The molecule has 1 N–H and O–H groups in total. The average Bonchev–Trinajstić information content (AvgIpc) is 3.55. The monoisotopic (exact) mass is 627 g/mol. The summed E-state index contributed by atoms with van der Waals surface area (Å²) in [5.41, 5.74) is 6.90. The highest BCUT2D eigenvalue weighted by Gasteiger charge is 2.27. The second-order valence-electron chi connectivity index (χ2n) is 12.6. The van der Waals surface area contributed by atoms with E-state index in [0.29, 0.717) is 5.84 Å². The van der Waals surface area contributed by atoms with Crippen molar-refractivity contribution in [3.63, 3.8) is 0 Å². The van der Waals surface area contributed by atoms with Gasteiger partial charge in [0.05, 0.1) is 0 Å². The smallest absolute Gasteiger partial charge is 0.159 e. The molecule has 0 radical (unpaired) electrons. The van der Waals surface area contributed by atoms with Crippen molar-refractivity contribution in [3.05, 3.63) is 180 Å². The maximum Gasteiger partial charge on any atom is 0.159 e. The Labute approximate surface area is 282 Å². The van der Waals surface area contributed by atoms with Gasteiger partial charge in [-0.2, -0.15) is 0 Å². The number of amidine groups is 2. The molecule has 0 fully saturated rings. The van der Waals surface area contributed by atoms with Gasteiger partial charge in [0.15, 0.2) is 5.84 Å². The maximum atomic E-state index is 6.45. The van der Waals surface area contributed by atoms with Gasteiger partial charge >= 0.3 is 0 Å². The highest BCUT2D eigenvalue weighted by Crippen LogP contribution is 2.39. The van der Waals surface area contributed by atoms with E-state index in [1.807, 2.05) is 12.1 Å². The Hall–Kier alpha value is -6.52. The fourth-order valence-corrected chi connectivity index (χ4v) is 7.24. The average molecular weight is 628 g/mol. The number of rotatable bonds is 4. The molecule has 10 rings (SSSR count). The standard InChI is InChI=1S/C45H29N3O/c1-4-12-31-25-34(20-17-28(31)9-1)37-23-24-40-41(38-15-7-8-16-39(38)49-40)42(37)45-47-43(35-21-18-29-10-2-5-13-32(29)26-35)46-44(48-45)36-22-19-30-11-3-6-14-33(30)27-36/h1-27,43H,(H,46,47,48). The molecular weight excluding hydrogens is 599 g/mol. The van der Waals surface area contributed by atoms with Gasteiger partial charge in [0, 0.05) is 21.9 Å². The van der Waals surface area contributed by atoms with Gasteiger partial charge in [-0.15, -0.1) is 0 Å². The van der Waals surface area contributed by atoms with Crippen molar-refractivity contribution in [2.24, 2.45) is 9.98 Å². The lowest BCUT2D eigenvalue weighted by atomic mass is 9.92. The Morgan fingerprint density at radius 3 is 1.82 bits per heavy atom. The predicted octanol–water partition coefficient (Wildman–Crippen LogP) is 11.2. The number of hydrogen-bond acceptors (Lipinski definition) is 4. The van der Waals surface area contributed by atoms with Crippen LogP contribution < -0.4 is 5.32 Å². The molecule has 2 heterocycles. The van der Waals surface area contributed by atoms with E-state index in [1.54, 1.807) is 0 Å². The number of benzene rings is 8. The fraction of sp³-hybridized carbons (Fsp3) is 0.0222. The van der Waals surface area contributed by atoms with Gasteiger partial charge in [-0.1, -0.05) is 127 Å². The molecule has 0 aliphatic carbocycles. The first-order chi connectivity index (χ1) is 24.2. The number of para-hydroxylation sites is 1. The van der Waals surface area contributed by atoms with Crippen LogP contribution in [0.1, 0.15) is 22.9 Å². The predicted molar refractivity (Wildman–Crippen MR) is 204 cm³/mol. The Morgan fingerprint density at radius 1 is 0.490 bits per heavy atom. The number of aliphatic imine (C=N–C) groups is 2. The molecular formula is C45H29N3O. The molecule has 1 aromatic heterocycles. The highest BCUT2D eigenvalue weighted by atomic mass is 16.3. The topological polar surface area (TPSA) is 49.9 Å². The van der Waals surface area contributed by atoms with Crippen LogP contribution in [0.15, 0.2) is 178 Å². The number of nitrogens with zero attached hydrogens (tertiary/aromatic N) is 2. The summed E-state index contributed by atoms with van der Waals surface area (Å²) in [6, 6.07) is 57.6. The van der Waals surface area contributed by atoms with Gasteiger partial charge < -0.3 is 9.73 Å². The van der Waals surface area contributed by atoms with Crippen molar-refractivity contribution < 1.29 is 4.42 Å². The molecule has 0 amide bonds. The summed E-state index contributed by atoms with van der Waals surface area (Å²) in [6.45, 7) is 0. The zero-order valence-corrected chi connectivity index (χ0v) is 26.5. The molecule has 1 aliphatic rings. The summed E-state index contributed by atoms with van der Waals surface area (Å²) in [7, 11) is 0. The number of nitrogens with one attached hydrogen (secondary N) is 1. The lowest BCUT2D eigenvalue weighted by molar-refractivity contribution is 0.668. The van der Waals surface area contributed by atoms with Crippen LogP contribution in [0, 0.1) is 0 Å². The van der Waals surface area contributed by atoms with Crippen LogP contribution >= 0.6 is 0 Å². The van der Waals surface area contributed by atoms with E-state index in [-0.39, 0.29) is 6.17 Å². The second-order valence-corrected chi connectivity index (χ2v) is 12.6. The zero-order chi connectivity index (χ0) is 32.3. The summed E-state index contributed by atoms with van der Waals surface area (Å²) in [4.78, 5) is 10.6. The lowest BCUT2D eigenvalue weighted by Crippen LogP contribution is -2.34. The van der Waals surface area contributed by atoms with Crippen molar-refractivity contribution in [2.75, 3.05) is 0 Å². The molecule has 0 bridgehead atoms. The minimum atomic E-state index is -0.364. The molecule has 9 aromatic rings. The molecule has 4 nitrogen and oxygen atoms in total. The van der Waals surface area contributed by atoms with E-state index in [1.165, 1.54) is 26.9 Å². The quantitative estimate of drug-likeness (QED) is 0.211. The molecule has 1 atom stereocenters. The lowest BCUT2D eigenvalue weighted by Gasteiger charge is -2.25. The van der Waals surface area contributed by atoms with Crippen LogP contribution in [-0.4, -0.2) is 11.7 Å². The fourth-order valence-electron chi connectivity index (χ4n) is 7.24. The van der Waals surface area contributed by atoms with E-state index < -0.39 is 0 Å². The van der Waals surface area contributed by atoms with Crippen molar-refractivity contribution in [1.82, 2.24) is 5.32 Å². The van der Waals surface area contributed by atoms with Crippen LogP contribution in [0.3, 0.4) is 0 Å². The molecule has 4 heteroatoms. The van der Waals surface area contributed by atoms with Gasteiger partial charge in [-0.3, -0.25) is 0 Å². The SMILES string of the molecule is c1ccc2cc(C3=NC(c4ccc5ccccc5c4)NC(c4c(-c5ccc6ccccc6c5)ccc5oc6ccccc6c45)=N3)ccc2c1.